The van der Waals surface area contributed by atoms with Gasteiger partial charge < -0.3 is 14.4 Å². The molecule has 8 nitrogen and oxygen atoms in total. The molecule has 2 aliphatic heterocycles. The molecule has 0 unspecified atom stereocenters. The van der Waals surface area contributed by atoms with Crippen molar-refractivity contribution in [2.75, 3.05) is 44.5 Å². The minimum absolute atomic E-state index is 0.109. The van der Waals surface area contributed by atoms with E-state index < -0.39 is 5.25 Å². The van der Waals surface area contributed by atoms with Crippen molar-refractivity contribution >= 4 is 29.4 Å². The van der Waals surface area contributed by atoms with Gasteiger partial charge in [0.25, 0.3) is 0 Å². The molecule has 0 spiro atoms. The van der Waals surface area contributed by atoms with Gasteiger partial charge in [-0.05, 0) is 55.3 Å². The summed E-state index contributed by atoms with van der Waals surface area (Å²) in [5.74, 6) is 1.21. The molecule has 0 aliphatic carbocycles. The third-order valence-electron chi connectivity index (χ3n) is 7.68. The summed E-state index contributed by atoms with van der Waals surface area (Å²) in [6, 6.07) is 21.3. The van der Waals surface area contributed by atoms with Crippen LogP contribution in [0, 0.1) is 5.82 Å². The number of methoxy groups -OCH3 is 2. The number of anilines is 1. The number of ether oxygens (including phenoxy) is 2. The summed E-state index contributed by atoms with van der Waals surface area (Å²) in [6.07, 6.45) is 1.90. The molecular formula is C32H31FN4O4S. The zero-order valence-electron chi connectivity index (χ0n) is 23.5. The molecule has 1 aromatic heterocycles. The van der Waals surface area contributed by atoms with Gasteiger partial charge in [-0.3, -0.25) is 14.5 Å². The highest BCUT2D eigenvalue weighted by Crippen LogP contribution is 2.51. The second kappa shape index (κ2) is 11.9. The number of likely N-dealkylation sites (tertiary alicyclic amines) is 1. The summed E-state index contributed by atoms with van der Waals surface area (Å²) in [7, 11) is 3.22. The second-order valence-corrected chi connectivity index (χ2v) is 11.3. The third-order valence-corrected chi connectivity index (χ3v) is 8.92. The van der Waals surface area contributed by atoms with Crippen molar-refractivity contribution in [3.63, 3.8) is 0 Å². The van der Waals surface area contributed by atoms with E-state index in [-0.39, 0.29) is 29.9 Å². The van der Waals surface area contributed by atoms with E-state index >= 15 is 0 Å². The van der Waals surface area contributed by atoms with Crippen LogP contribution in [0.1, 0.15) is 29.2 Å². The molecule has 216 valence electrons. The van der Waals surface area contributed by atoms with Gasteiger partial charge in [-0.1, -0.05) is 30.3 Å². The van der Waals surface area contributed by atoms with Crippen LogP contribution in [0.15, 0.2) is 72.8 Å². The first kappa shape index (κ1) is 27.8. The van der Waals surface area contributed by atoms with Crippen molar-refractivity contribution in [2.24, 2.45) is 0 Å². The number of hydrogen-bond acceptors (Lipinski definition) is 6. The maximum atomic E-state index is 14.0. The minimum Gasteiger partial charge on any atom is -0.497 e. The lowest BCUT2D eigenvalue weighted by atomic mass is 9.98. The summed E-state index contributed by atoms with van der Waals surface area (Å²) in [4.78, 5) is 30.8. The molecule has 2 aliphatic rings. The first-order valence-corrected chi connectivity index (χ1v) is 14.9. The van der Waals surface area contributed by atoms with Crippen LogP contribution >= 0.6 is 11.8 Å². The maximum Gasteiger partial charge on any atom is 0.242 e. The fraction of sp³-hybridized carbons (Fsp3) is 0.281. The molecule has 4 aromatic rings. The number of rotatable bonds is 7. The third kappa shape index (κ3) is 5.22. The number of hydrogen-bond donors (Lipinski definition) is 0. The van der Waals surface area contributed by atoms with Gasteiger partial charge in [0.1, 0.15) is 29.7 Å². The van der Waals surface area contributed by atoms with Crippen LogP contribution in [0.5, 0.6) is 11.5 Å². The van der Waals surface area contributed by atoms with E-state index in [1.54, 1.807) is 35.9 Å². The number of thioether (sulfide) groups is 1. The van der Waals surface area contributed by atoms with Crippen molar-refractivity contribution < 1.29 is 23.5 Å². The lowest BCUT2D eigenvalue weighted by Gasteiger charge is -2.25. The van der Waals surface area contributed by atoms with Crippen LogP contribution in [0.3, 0.4) is 0 Å². The summed E-state index contributed by atoms with van der Waals surface area (Å²) in [5, 5.41) is 4.66. The number of benzene rings is 3. The van der Waals surface area contributed by atoms with Crippen LogP contribution in [0.25, 0.3) is 16.9 Å². The van der Waals surface area contributed by atoms with Crippen molar-refractivity contribution in [3.8, 4) is 28.4 Å². The van der Waals surface area contributed by atoms with Crippen LogP contribution in [0.2, 0.25) is 0 Å². The molecule has 3 aromatic carbocycles. The normalized spacial score (nSPS) is 16.7. The maximum absolute atomic E-state index is 14.0. The molecule has 3 heterocycles. The summed E-state index contributed by atoms with van der Waals surface area (Å²) >= 11 is 1.45. The molecule has 2 amide bonds. The van der Waals surface area contributed by atoms with Gasteiger partial charge in [-0.15, -0.1) is 11.8 Å². The Labute approximate surface area is 248 Å². The predicted molar refractivity (Wildman–Crippen MR) is 161 cm³/mol. The van der Waals surface area contributed by atoms with E-state index in [0.717, 1.165) is 29.5 Å². The Morgan fingerprint density at radius 1 is 1.00 bits per heavy atom. The number of amides is 2. The first-order valence-electron chi connectivity index (χ1n) is 13.8. The van der Waals surface area contributed by atoms with E-state index in [4.69, 9.17) is 14.6 Å². The monoisotopic (exact) mass is 586 g/mol. The van der Waals surface area contributed by atoms with Crippen molar-refractivity contribution in [1.29, 1.82) is 0 Å². The number of aromatic nitrogens is 2. The van der Waals surface area contributed by atoms with Crippen LogP contribution in [-0.4, -0.2) is 66.1 Å². The fourth-order valence-electron chi connectivity index (χ4n) is 5.58. The minimum atomic E-state index is -0.398. The molecular weight excluding hydrogens is 555 g/mol. The number of halogens is 1. The van der Waals surface area contributed by atoms with Crippen LogP contribution < -0.4 is 14.4 Å². The fourth-order valence-corrected chi connectivity index (χ4v) is 6.79. The van der Waals surface area contributed by atoms with Crippen LogP contribution in [0.4, 0.5) is 10.2 Å². The van der Waals surface area contributed by atoms with E-state index in [1.165, 1.54) is 23.9 Å². The van der Waals surface area contributed by atoms with Gasteiger partial charge in [0.15, 0.2) is 0 Å². The SMILES string of the molecule is COc1ccc(OC)c([C@@H]2SCC(=O)N(CC(=O)N3CCCC3)c3c2c(-c2ccccc2)nn3-c2ccc(F)cc2)c1. The Hall–Kier alpha value is -4.31. The molecule has 42 heavy (non-hydrogen) atoms. The van der Waals surface area contributed by atoms with Gasteiger partial charge in [0.2, 0.25) is 11.8 Å². The summed E-state index contributed by atoms with van der Waals surface area (Å²) in [6.45, 7) is 1.24. The number of fused-ring (bicyclic) bond motifs is 1. The summed E-state index contributed by atoms with van der Waals surface area (Å²) in [5.41, 5.74) is 3.67. The molecule has 0 saturated carbocycles. The molecule has 6 rings (SSSR count). The molecule has 0 bridgehead atoms. The van der Waals surface area contributed by atoms with Gasteiger partial charge >= 0.3 is 0 Å². The average Bonchev–Trinajstić information content (AvgIpc) is 3.67. The molecule has 0 radical (unpaired) electrons. The largest absolute Gasteiger partial charge is 0.497 e. The number of carbonyl (C=O) groups is 2. The highest BCUT2D eigenvalue weighted by Gasteiger charge is 2.39. The standard InChI is InChI=1S/C32H31FN4O4S/c1-40-24-14-15-26(41-2)25(18-24)31-29-30(21-8-4-3-5-9-21)34-37(23-12-10-22(33)11-13-23)32(29)36(28(39)20-42-31)19-27(38)35-16-6-7-17-35/h3-5,8-15,18,31H,6-7,16-17,19-20H2,1-2H3/t31-/m0/s1. The molecule has 10 heteroatoms. The number of carbonyl (C=O) groups excluding carboxylic acids is 2. The van der Waals surface area contributed by atoms with Crippen LogP contribution in [-0.2, 0) is 9.59 Å². The number of nitrogens with zero attached hydrogens (tertiary/aromatic N) is 4. The first-order chi connectivity index (χ1) is 20.5. The van der Waals surface area contributed by atoms with E-state index in [9.17, 15) is 14.0 Å². The quantitative estimate of drug-likeness (QED) is 0.285. The molecule has 0 N–H and O–H groups in total. The zero-order valence-corrected chi connectivity index (χ0v) is 24.3. The van der Waals surface area contributed by atoms with E-state index in [0.29, 0.717) is 41.8 Å². The smallest absolute Gasteiger partial charge is 0.242 e. The predicted octanol–water partition coefficient (Wildman–Crippen LogP) is 5.49. The lowest BCUT2D eigenvalue weighted by Crippen LogP contribution is -2.43. The Balaban J connectivity index is 1.63. The molecule has 1 atom stereocenters. The highest BCUT2D eigenvalue weighted by molar-refractivity contribution is 8.00. The van der Waals surface area contributed by atoms with E-state index in [2.05, 4.69) is 0 Å². The Bertz CT molecular complexity index is 1600. The molecule has 1 saturated heterocycles. The Kier molecular flexibility index (Phi) is 7.88. The van der Waals surface area contributed by atoms with Gasteiger partial charge in [0.05, 0.1) is 36.6 Å². The Morgan fingerprint density at radius 2 is 1.74 bits per heavy atom. The van der Waals surface area contributed by atoms with Gasteiger partial charge in [-0.2, -0.15) is 5.10 Å². The Morgan fingerprint density at radius 3 is 2.43 bits per heavy atom. The summed E-state index contributed by atoms with van der Waals surface area (Å²) < 4.78 is 27.1. The highest BCUT2D eigenvalue weighted by atomic mass is 32.2. The van der Waals surface area contributed by atoms with E-state index in [1.807, 2.05) is 53.4 Å². The second-order valence-electron chi connectivity index (χ2n) is 10.2. The van der Waals surface area contributed by atoms with Crippen molar-refractivity contribution in [1.82, 2.24) is 14.7 Å². The van der Waals surface area contributed by atoms with Crippen molar-refractivity contribution in [3.05, 3.63) is 89.7 Å². The zero-order chi connectivity index (χ0) is 29.2. The lowest BCUT2D eigenvalue weighted by molar-refractivity contribution is -0.130. The topological polar surface area (TPSA) is 76.9 Å². The van der Waals surface area contributed by atoms with Gasteiger partial charge in [-0.25, -0.2) is 9.07 Å². The van der Waals surface area contributed by atoms with Crippen molar-refractivity contribution in [2.45, 2.75) is 18.1 Å². The van der Waals surface area contributed by atoms with Gasteiger partial charge in [0, 0.05) is 29.8 Å². The average molecular weight is 587 g/mol. The molecule has 1 fully saturated rings.